The van der Waals surface area contributed by atoms with E-state index in [2.05, 4.69) is 23.5 Å². The van der Waals surface area contributed by atoms with Gasteiger partial charge in [0.2, 0.25) is 0 Å². The van der Waals surface area contributed by atoms with Gasteiger partial charge in [0.05, 0.1) is 0 Å². The van der Waals surface area contributed by atoms with Crippen LogP contribution < -0.4 is 10.1 Å². The van der Waals surface area contributed by atoms with Gasteiger partial charge in [-0.1, -0.05) is 30.3 Å². The van der Waals surface area contributed by atoms with Crippen molar-refractivity contribution in [3.05, 3.63) is 47.3 Å². The Balaban J connectivity index is 1.99. The summed E-state index contributed by atoms with van der Waals surface area (Å²) in [5.74, 6) is 1.69. The number of aromatic nitrogens is 1. The lowest BCUT2D eigenvalue weighted by Crippen LogP contribution is -2.12. The van der Waals surface area contributed by atoms with Crippen LogP contribution in [0, 0.1) is 6.92 Å². The topological polar surface area (TPSA) is 47.3 Å². The SMILES string of the molecule is CCNCc1ccccc1OCc1cc(C)on1. The summed E-state index contributed by atoms with van der Waals surface area (Å²) >= 11 is 0. The second kappa shape index (κ2) is 6.21. The van der Waals surface area contributed by atoms with Crippen LogP contribution in [0.3, 0.4) is 0 Å². The standard InChI is InChI=1S/C14H18N2O2/c1-3-15-9-12-6-4-5-7-14(12)17-10-13-8-11(2)18-16-13/h4-8,15H,3,9-10H2,1-2H3. The second-order valence-electron chi connectivity index (χ2n) is 4.11. The Bertz CT molecular complexity index is 494. The van der Waals surface area contributed by atoms with Gasteiger partial charge < -0.3 is 14.6 Å². The third-order valence-electron chi connectivity index (χ3n) is 2.59. The normalized spacial score (nSPS) is 10.6. The summed E-state index contributed by atoms with van der Waals surface area (Å²) in [6.45, 7) is 6.14. The molecule has 0 saturated heterocycles. The van der Waals surface area contributed by atoms with E-state index in [-0.39, 0.29) is 0 Å². The molecule has 0 radical (unpaired) electrons. The third-order valence-corrected chi connectivity index (χ3v) is 2.59. The van der Waals surface area contributed by atoms with Gasteiger partial charge in [-0.3, -0.25) is 0 Å². The smallest absolute Gasteiger partial charge is 0.134 e. The molecule has 18 heavy (non-hydrogen) atoms. The molecule has 0 aliphatic rings. The Morgan fingerprint density at radius 3 is 2.89 bits per heavy atom. The molecule has 0 aliphatic heterocycles. The number of nitrogens with one attached hydrogen (secondary N) is 1. The first-order chi connectivity index (χ1) is 8.79. The highest BCUT2D eigenvalue weighted by molar-refractivity contribution is 5.33. The van der Waals surface area contributed by atoms with Crippen molar-refractivity contribution in [1.82, 2.24) is 10.5 Å². The second-order valence-corrected chi connectivity index (χ2v) is 4.11. The van der Waals surface area contributed by atoms with Gasteiger partial charge in [0, 0.05) is 18.2 Å². The molecule has 0 atom stereocenters. The minimum Gasteiger partial charge on any atom is -0.487 e. The molecule has 4 heteroatoms. The van der Waals surface area contributed by atoms with E-state index >= 15 is 0 Å². The predicted octanol–water partition coefficient (Wildman–Crippen LogP) is 2.67. The molecule has 2 aromatic rings. The van der Waals surface area contributed by atoms with E-state index in [0.29, 0.717) is 6.61 Å². The van der Waals surface area contributed by atoms with E-state index in [0.717, 1.165) is 35.9 Å². The average Bonchev–Trinajstić information content (AvgIpc) is 2.81. The lowest BCUT2D eigenvalue weighted by Gasteiger charge is -2.10. The number of para-hydroxylation sites is 1. The lowest BCUT2D eigenvalue weighted by atomic mass is 10.2. The van der Waals surface area contributed by atoms with Crippen molar-refractivity contribution in [2.24, 2.45) is 0 Å². The molecule has 1 aromatic heterocycles. The molecule has 0 spiro atoms. The van der Waals surface area contributed by atoms with Gasteiger partial charge >= 0.3 is 0 Å². The summed E-state index contributed by atoms with van der Waals surface area (Å²) in [6, 6.07) is 9.90. The van der Waals surface area contributed by atoms with E-state index in [1.807, 2.05) is 31.2 Å². The largest absolute Gasteiger partial charge is 0.487 e. The fraction of sp³-hybridized carbons (Fsp3) is 0.357. The molecule has 4 nitrogen and oxygen atoms in total. The van der Waals surface area contributed by atoms with Crippen LogP contribution in [0.5, 0.6) is 5.75 Å². The van der Waals surface area contributed by atoms with Crippen molar-refractivity contribution in [3.8, 4) is 5.75 Å². The molecule has 0 aliphatic carbocycles. The van der Waals surface area contributed by atoms with E-state index in [4.69, 9.17) is 9.26 Å². The highest BCUT2D eigenvalue weighted by Crippen LogP contribution is 2.19. The fourth-order valence-electron chi connectivity index (χ4n) is 1.69. The zero-order valence-corrected chi connectivity index (χ0v) is 10.8. The quantitative estimate of drug-likeness (QED) is 0.851. The molecule has 0 unspecified atom stereocenters. The van der Waals surface area contributed by atoms with Gasteiger partial charge in [-0.15, -0.1) is 0 Å². The monoisotopic (exact) mass is 246 g/mol. The van der Waals surface area contributed by atoms with Gasteiger partial charge in [0.25, 0.3) is 0 Å². The molecule has 0 saturated carbocycles. The van der Waals surface area contributed by atoms with Gasteiger partial charge in [-0.05, 0) is 19.5 Å². The summed E-state index contributed by atoms with van der Waals surface area (Å²) in [7, 11) is 0. The van der Waals surface area contributed by atoms with Crippen molar-refractivity contribution in [2.75, 3.05) is 6.54 Å². The Morgan fingerprint density at radius 2 is 2.17 bits per heavy atom. The summed E-state index contributed by atoms with van der Waals surface area (Å²) < 4.78 is 10.8. The maximum Gasteiger partial charge on any atom is 0.134 e. The van der Waals surface area contributed by atoms with Gasteiger partial charge in [-0.2, -0.15) is 0 Å². The molecule has 0 amide bonds. The zero-order valence-electron chi connectivity index (χ0n) is 10.8. The minimum absolute atomic E-state index is 0.431. The maximum atomic E-state index is 5.77. The molecule has 2 rings (SSSR count). The number of ether oxygens (including phenoxy) is 1. The summed E-state index contributed by atoms with van der Waals surface area (Å²) in [5.41, 5.74) is 1.96. The van der Waals surface area contributed by atoms with Gasteiger partial charge in [0.15, 0.2) is 0 Å². The van der Waals surface area contributed by atoms with E-state index < -0.39 is 0 Å². The Kier molecular flexibility index (Phi) is 4.36. The Morgan fingerprint density at radius 1 is 1.33 bits per heavy atom. The lowest BCUT2D eigenvalue weighted by molar-refractivity contribution is 0.284. The first-order valence-corrected chi connectivity index (χ1v) is 6.13. The molecule has 0 fully saturated rings. The molecular weight excluding hydrogens is 228 g/mol. The van der Waals surface area contributed by atoms with Crippen molar-refractivity contribution < 1.29 is 9.26 Å². The van der Waals surface area contributed by atoms with Crippen LogP contribution >= 0.6 is 0 Å². The van der Waals surface area contributed by atoms with Crippen LogP contribution in [-0.4, -0.2) is 11.7 Å². The summed E-state index contributed by atoms with van der Waals surface area (Å²) in [5, 5.41) is 7.20. The summed E-state index contributed by atoms with van der Waals surface area (Å²) in [4.78, 5) is 0. The van der Waals surface area contributed by atoms with Crippen LogP contribution in [0.15, 0.2) is 34.9 Å². The van der Waals surface area contributed by atoms with Crippen molar-refractivity contribution in [3.63, 3.8) is 0 Å². The Labute approximate surface area is 107 Å². The highest BCUT2D eigenvalue weighted by atomic mass is 16.5. The number of aryl methyl sites for hydroxylation is 1. The highest BCUT2D eigenvalue weighted by Gasteiger charge is 2.05. The molecule has 0 bridgehead atoms. The first kappa shape index (κ1) is 12.6. The number of hydrogen-bond acceptors (Lipinski definition) is 4. The zero-order chi connectivity index (χ0) is 12.8. The van der Waals surface area contributed by atoms with Crippen LogP contribution in [0.25, 0.3) is 0 Å². The van der Waals surface area contributed by atoms with Crippen molar-refractivity contribution >= 4 is 0 Å². The average molecular weight is 246 g/mol. The van der Waals surface area contributed by atoms with E-state index in [1.54, 1.807) is 0 Å². The number of nitrogens with zero attached hydrogens (tertiary/aromatic N) is 1. The summed E-state index contributed by atoms with van der Waals surface area (Å²) in [6.07, 6.45) is 0. The number of hydrogen-bond donors (Lipinski definition) is 1. The van der Waals surface area contributed by atoms with Gasteiger partial charge in [-0.25, -0.2) is 0 Å². The fourth-order valence-corrected chi connectivity index (χ4v) is 1.69. The Hall–Kier alpha value is -1.81. The van der Waals surface area contributed by atoms with Crippen molar-refractivity contribution in [1.29, 1.82) is 0 Å². The van der Waals surface area contributed by atoms with Crippen molar-refractivity contribution in [2.45, 2.75) is 27.0 Å². The first-order valence-electron chi connectivity index (χ1n) is 6.13. The molecule has 96 valence electrons. The molecule has 1 aromatic carbocycles. The number of benzene rings is 1. The predicted molar refractivity (Wildman–Crippen MR) is 69.4 cm³/mol. The molecular formula is C14H18N2O2. The van der Waals surface area contributed by atoms with Crippen LogP contribution in [0.4, 0.5) is 0 Å². The third kappa shape index (κ3) is 3.34. The van der Waals surface area contributed by atoms with Gasteiger partial charge in [0.1, 0.15) is 23.8 Å². The molecule has 1 N–H and O–H groups in total. The number of rotatable bonds is 6. The van der Waals surface area contributed by atoms with E-state index in [1.165, 1.54) is 0 Å². The molecule has 1 heterocycles. The van der Waals surface area contributed by atoms with E-state index in [9.17, 15) is 0 Å². The van der Waals surface area contributed by atoms with Crippen LogP contribution in [-0.2, 0) is 13.2 Å². The van der Waals surface area contributed by atoms with Crippen LogP contribution in [0.1, 0.15) is 23.9 Å². The minimum atomic E-state index is 0.431. The van der Waals surface area contributed by atoms with Crippen LogP contribution in [0.2, 0.25) is 0 Å². The maximum absolute atomic E-state index is 5.77.